The molecule has 0 saturated heterocycles. The zero-order valence-electron chi connectivity index (χ0n) is 20.8. The van der Waals surface area contributed by atoms with Crippen LogP contribution < -0.4 is 15.2 Å². The second kappa shape index (κ2) is 15.1. The molecule has 0 aliphatic carbocycles. The molecule has 0 unspecified atom stereocenters. The first-order valence-corrected chi connectivity index (χ1v) is 11.8. The fraction of sp³-hybridized carbons (Fsp3) is 0.600. The second-order valence-electron chi connectivity index (χ2n) is 8.04. The highest BCUT2D eigenvalue weighted by molar-refractivity contribution is 5.77. The maximum atomic E-state index is 12.5. The van der Waals surface area contributed by atoms with Gasteiger partial charge in [-0.05, 0) is 44.4 Å². The molecule has 0 aliphatic heterocycles. The summed E-state index contributed by atoms with van der Waals surface area (Å²) in [6, 6.07) is 3.61. The maximum Gasteiger partial charge on any atom is 0.323 e. The fourth-order valence-corrected chi connectivity index (χ4v) is 2.82. The van der Waals surface area contributed by atoms with Crippen LogP contribution in [0.5, 0.6) is 11.5 Å². The van der Waals surface area contributed by atoms with Crippen molar-refractivity contribution in [2.45, 2.75) is 97.8 Å². The van der Waals surface area contributed by atoms with Crippen LogP contribution in [0, 0.1) is 0 Å². The van der Waals surface area contributed by atoms with Crippen molar-refractivity contribution in [2.24, 2.45) is 5.73 Å². The first-order valence-electron chi connectivity index (χ1n) is 11.8. The van der Waals surface area contributed by atoms with Crippen LogP contribution in [0.25, 0.3) is 0 Å². The third kappa shape index (κ3) is 10.3. The van der Waals surface area contributed by atoms with E-state index in [4.69, 9.17) is 24.7 Å². The van der Waals surface area contributed by atoms with Crippen molar-refractivity contribution in [3.8, 4) is 11.5 Å². The van der Waals surface area contributed by atoms with Gasteiger partial charge in [-0.15, -0.1) is 0 Å². The van der Waals surface area contributed by atoms with Crippen LogP contribution in [-0.2, 0) is 35.1 Å². The van der Waals surface area contributed by atoms with E-state index in [1.807, 2.05) is 6.92 Å². The van der Waals surface area contributed by atoms with E-state index in [0.29, 0.717) is 12.0 Å². The number of hydrogen-bond acceptors (Lipinski definition) is 9. The van der Waals surface area contributed by atoms with E-state index in [2.05, 4.69) is 0 Å². The van der Waals surface area contributed by atoms with E-state index in [9.17, 15) is 19.2 Å². The van der Waals surface area contributed by atoms with Gasteiger partial charge in [-0.2, -0.15) is 0 Å². The van der Waals surface area contributed by atoms with Gasteiger partial charge >= 0.3 is 23.9 Å². The smallest absolute Gasteiger partial charge is 0.323 e. The van der Waals surface area contributed by atoms with E-state index in [1.54, 1.807) is 33.8 Å². The summed E-state index contributed by atoms with van der Waals surface area (Å²) in [6.45, 7) is 8.63. The lowest BCUT2D eigenvalue weighted by atomic mass is 10.1. The molecule has 0 bridgehead atoms. The minimum Gasteiger partial charge on any atom is -0.459 e. The van der Waals surface area contributed by atoms with Crippen molar-refractivity contribution < 1.29 is 38.1 Å². The Labute approximate surface area is 201 Å². The number of carbonyl (C=O) groups is 4. The first-order chi connectivity index (χ1) is 16.1. The van der Waals surface area contributed by atoms with Crippen LogP contribution in [0.15, 0.2) is 18.2 Å². The van der Waals surface area contributed by atoms with Crippen LogP contribution in [0.1, 0.15) is 78.7 Å². The molecule has 0 fully saturated rings. The van der Waals surface area contributed by atoms with Gasteiger partial charge in [0.2, 0.25) is 0 Å². The van der Waals surface area contributed by atoms with Gasteiger partial charge in [0.15, 0.2) is 11.5 Å². The molecule has 3 atom stereocenters. The lowest BCUT2D eigenvalue weighted by Gasteiger charge is -2.22. The van der Waals surface area contributed by atoms with Crippen LogP contribution in [-0.4, -0.2) is 42.1 Å². The average Bonchev–Trinajstić information content (AvgIpc) is 2.80. The SMILES string of the molecule is CCCCCC(=O)O[C@@H](C)[C@H](C)OC(=O)[C@@H](N)Cc1ccc(OC(=O)CC)c(OC(=O)CC)c1. The number of esters is 4. The minimum absolute atomic E-state index is 0.0729. The molecule has 0 saturated carbocycles. The van der Waals surface area contributed by atoms with Gasteiger partial charge in [0.1, 0.15) is 18.2 Å². The van der Waals surface area contributed by atoms with Crippen LogP contribution in [0.4, 0.5) is 0 Å². The van der Waals surface area contributed by atoms with Gasteiger partial charge in [-0.3, -0.25) is 19.2 Å². The quantitative estimate of drug-likeness (QED) is 0.241. The molecular formula is C25H37NO8. The fourth-order valence-electron chi connectivity index (χ4n) is 2.82. The normalized spacial score (nSPS) is 13.4. The molecule has 0 radical (unpaired) electrons. The summed E-state index contributed by atoms with van der Waals surface area (Å²) in [5.74, 6) is -1.78. The summed E-state index contributed by atoms with van der Waals surface area (Å²) >= 11 is 0. The van der Waals surface area contributed by atoms with E-state index in [0.717, 1.165) is 19.3 Å². The van der Waals surface area contributed by atoms with Gasteiger partial charge in [0.05, 0.1) is 0 Å². The van der Waals surface area contributed by atoms with Crippen molar-refractivity contribution in [1.29, 1.82) is 0 Å². The third-order valence-electron chi connectivity index (χ3n) is 5.06. The summed E-state index contributed by atoms with van der Waals surface area (Å²) in [6.07, 6.45) is 2.13. The van der Waals surface area contributed by atoms with E-state index >= 15 is 0 Å². The van der Waals surface area contributed by atoms with Gasteiger partial charge in [-0.25, -0.2) is 0 Å². The van der Waals surface area contributed by atoms with Crippen molar-refractivity contribution in [3.63, 3.8) is 0 Å². The number of ether oxygens (including phenoxy) is 4. The molecule has 9 heteroatoms. The summed E-state index contributed by atoms with van der Waals surface area (Å²) in [7, 11) is 0. The molecule has 1 aromatic carbocycles. The molecule has 0 amide bonds. The number of nitrogens with two attached hydrogens (primary N) is 1. The zero-order chi connectivity index (χ0) is 25.7. The largest absolute Gasteiger partial charge is 0.459 e. The molecule has 2 N–H and O–H groups in total. The second-order valence-corrected chi connectivity index (χ2v) is 8.04. The van der Waals surface area contributed by atoms with Gasteiger partial charge in [0.25, 0.3) is 0 Å². The van der Waals surface area contributed by atoms with Gasteiger partial charge < -0.3 is 24.7 Å². The Morgan fingerprint density at radius 3 is 2.00 bits per heavy atom. The summed E-state index contributed by atoms with van der Waals surface area (Å²) in [5, 5.41) is 0. The highest BCUT2D eigenvalue weighted by Crippen LogP contribution is 2.30. The summed E-state index contributed by atoms with van der Waals surface area (Å²) in [5.41, 5.74) is 6.61. The molecule has 0 spiro atoms. The molecular weight excluding hydrogens is 442 g/mol. The number of hydrogen-bond donors (Lipinski definition) is 1. The van der Waals surface area contributed by atoms with Crippen molar-refractivity contribution in [1.82, 2.24) is 0 Å². The average molecular weight is 480 g/mol. The lowest BCUT2D eigenvalue weighted by Crippen LogP contribution is -2.39. The Balaban J connectivity index is 2.75. The number of carbonyl (C=O) groups excluding carboxylic acids is 4. The van der Waals surface area contributed by atoms with Crippen molar-refractivity contribution in [2.75, 3.05) is 0 Å². The highest BCUT2D eigenvalue weighted by atomic mass is 16.6. The first kappa shape index (κ1) is 29.1. The van der Waals surface area contributed by atoms with E-state index in [1.165, 1.54) is 12.1 Å². The lowest BCUT2D eigenvalue weighted by molar-refractivity contribution is -0.166. The molecule has 1 rings (SSSR count). The van der Waals surface area contributed by atoms with Crippen molar-refractivity contribution >= 4 is 23.9 Å². The predicted molar refractivity (Wildman–Crippen MR) is 125 cm³/mol. The molecule has 0 aliphatic rings. The topological polar surface area (TPSA) is 131 Å². The third-order valence-corrected chi connectivity index (χ3v) is 5.06. The highest BCUT2D eigenvalue weighted by Gasteiger charge is 2.24. The number of rotatable bonds is 14. The van der Waals surface area contributed by atoms with Crippen LogP contribution in [0.2, 0.25) is 0 Å². The molecule has 9 nitrogen and oxygen atoms in total. The zero-order valence-corrected chi connectivity index (χ0v) is 20.8. The Morgan fingerprint density at radius 2 is 1.41 bits per heavy atom. The van der Waals surface area contributed by atoms with Gasteiger partial charge in [-0.1, -0.05) is 39.7 Å². The number of benzene rings is 1. The molecule has 190 valence electrons. The standard InChI is InChI=1S/C25H37NO8/c1-6-9-10-11-24(29)31-16(4)17(5)32-25(30)19(26)14-18-12-13-20(33-22(27)7-2)21(15-18)34-23(28)8-3/h12-13,15-17,19H,6-11,14,26H2,1-5H3/t16-,17-,19-/m0/s1. The molecule has 1 aromatic rings. The maximum absolute atomic E-state index is 12.5. The summed E-state index contributed by atoms with van der Waals surface area (Å²) in [4.78, 5) is 47.8. The van der Waals surface area contributed by atoms with E-state index in [-0.39, 0.29) is 36.7 Å². The Bertz CT molecular complexity index is 838. The number of unbranched alkanes of at least 4 members (excludes halogenated alkanes) is 2. The summed E-state index contributed by atoms with van der Waals surface area (Å²) < 4.78 is 21.2. The molecule has 0 aromatic heterocycles. The van der Waals surface area contributed by atoms with E-state index < -0.39 is 36.2 Å². The monoisotopic (exact) mass is 479 g/mol. The Hall–Kier alpha value is -2.94. The molecule has 0 heterocycles. The predicted octanol–water partition coefficient (Wildman–Crippen LogP) is 3.63. The van der Waals surface area contributed by atoms with Crippen molar-refractivity contribution in [3.05, 3.63) is 23.8 Å². The minimum atomic E-state index is -1.01. The Kier molecular flexibility index (Phi) is 12.9. The van der Waals surface area contributed by atoms with Gasteiger partial charge in [0, 0.05) is 19.3 Å². The molecule has 34 heavy (non-hydrogen) atoms. The van der Waals surface area contributed by atoms with Crippen LogP contribution in [0.3, 0.4) is 0 Å². The Morgan fingerprint density at radius 1 is 0.824 bits per heavy atom. The van der Waals surface area contributed by atoms with Crippen LogP contribution >= 0.6 is 0 Å².